The number of carbonyl (C=O) groups is 1. The Morgan fingerprint density at radius 2 is 2.11 bits per heavy atom. The van der Waals surface area contributed by atoms with Crippen LogP contribution in [0.5, 0.6) is 0 Å². The van der Waals surface area contributed by atoms with Gasteiger partial charge in [0.1, 0.15) is 0 Å². The number of aromatic nitrogens is 1. The number of hydrogen-bond donors (Lipinski definition) is 3. The Balaban J connectivity index is 3.22. The summed E-state index contributed by atoms with van der Waals surface area (Å²) in [6.07, 6.45) is 0. The van der Waals surface area contributed by atoms with Crippen LogP contribution in [0.25, 0.3) is 0 Å². The van der Waals surface area contributed by atoms with E-state index in [1.54, 1.807) is 4.90 Å². The second-order valence-corrected chi connectivity index (χ2v) is 4.77. The van der Waals surface area contributed by atoms with Gasteiger partial charge in [-0.3, -0.25) is 4.79 Å². The van der Waals surface area contributed by atoms with E-state index in [2.05, 4.69) is 10.4 Å². The molecule has 1 rings (SSSR count). The van der Waals surface area contributed by atoms with E-state index in [0.717, 1.165) is 0 Å². The Hall–Kier alpha value is -1.24. The molecule has 0 fully saturated rings. The van der Waals surface area contributed by atoms with Crippen LogP contribution in [0.1, 0.15) is 13.8 Å². The first kappa shape index (κ1) is 14.8. The number of nitrogen functional groups attached to an aromatic ring is 1. The first-order chi connectivity index (χ1) is 8.36. The van der Waals surface area contributed by atoms with Gasteiger partial charge in [-0.15, -0.1) is 0 Å². The number of anilines is 2. The van der Waals surface area contributed by atoms with Crippen LogP contribution in [-0.2, 0) is 4.79 Å². The van der Waals surface area contributed by atoms with Gasteiger partial charge in [0.05, 0.1) is 16.6 Å². The van der Waals surface area contributed by atoms with Gasteiger partial charge in [-0.2, -0.15) is 0 Å². The Kier molecular flexibility index (Phi) is 5.01. The second kappa shape index (κ2) is 6.08. The lowest BCUT2D eigenvalue weighted by molar-refractivity contribution is -0.116. The minimum Gasteiger partial charge on any atom is -0.368 e. The van der Waals surface area contributed by atoms with Crippen LogP contribution < -0.4 is 21.9 Å². The molecule has 1 amide bonds. The van der Waals surface area contributed by atoms with Gasteiger partial charge in [0.25, 0.3) is 0 Å². The van der Waals surface area contributed by atoms with Crippen molar-refractivity contribution in [2.75, 3.05) is 16.9 Å². The number of hydrazine groups is 1. The summed E-state index contributed by atoms with van der Waals surface area (Å²) in [7, 11) is 0. The lowest BCUT2D eigenvalue weighted by Gasteiger charge is -2.27. The van der Waals surface area contributed by atoms with Gasteiger partial charge < -0.3 is 16.1 Å². The van der Waals surface area contributed by atoms with Gasteiger partial charge >= 0.3 is 0 Å². The summed E-state index contributed by atoms with van der Waals surface area (Å²) in [6, 6.07) is 1.51. The van der Waals surface area contributed by atoms with Gasteiger partial charge in [-0.25, -0.2) is 10.8 Å². The average Bonchev–Trinajstić information content (AvgIpc) is 2.26. The van der Waals surface area contributed by atoms with Crippen molar-refractivity contribution in [2.45, 2.75) is 19.9 Å². The summed E-state index contributed by atoms with van der Waals surface area (Å²) in [5.74, 6) is 5.51. The molecule has 0 bridgehead atoms. The molecule has 0 saturated heterocycles. The van der Waals surface area contributed by atoms with E-state index in [1.807, 2.05) is 13.8 Å². The first-order valence-corrected chi connectivity index (χ1v) is 6.00. The molecule has 0 aliphatic heterocycles. The molecule has 1 aromatic rings. The monoisotopic (exact) mass is 291 g/mol. The Labute approximate surface area is 115 Å². The van der Waals surface area contributed by atoms with Gasteiger partial charge in [0.2, 0.25) is 5.91 Å². The van der Waals surface area contributed by atoms with Gasteiger partial charge in [0, 0.05) is 6.04 Å². The van der Waals surface area contributed by atoms with Crippen LogP contribution >= 0.6 is 23.2 Å². The van der Waals surface area contributed by atoms with Crippen molar-refractivity contribution in [2.24, 2.45) is 11.6 Å². The number of rotatable bonds is 5. The molecule has 1 aromatic heterocycles. The normalized spacial score (nSPS) is 10.6. The second-order valence-electron chi connectivity index (χ2n) is 3.96. The van der Waals surface area contributed by atoms with Crippen LogP contribution in [-0.4, -0.2) is 23.5 Å². The highest BCUT2D eigenvalue weighted by atomic mass is 35.5. The molecule has 0 aliphatic rings. The number of primary amides is 1. The van der Waals surface area contributed by atoms with E-state index in [1.165, 1.54) is 6.07 Å². The van der Waals surface area contributed by atoms with Crippen molar-refractivity contribution in [3.8, 4) is 0 Å². The molecular formula is C10H15Cl2N5O. The minimum absolute atomic E-state index is 0.00528. The standard InChI is InChI=1S/C10H15Cl2N5O/c1-5(2)17(4-8(13)18)10-7(12)3-6(11)9(15-10)16-14/h3,5H,4,14H2,1-2H3,(H2,13,18)(H,15,16). The molecule has 0 saturated carbocycles. The lowest BCUT2D eigenvalue weighted by Crippen LogP contribution is -2.39. The molecule has 1 heterocycles. The first-order valence-electron chi connectivity index (χ1n) is 5.24. The predicted octanol–water partition coefficient (Wildman–Crippen LogP) is 1.37. The molecule has 0 aromatic carbocycles. The summed E-state index contributed by atoms with van der Waals surface area (Å²) in [5, 5.41) is 0.628. The highest BCUT2D eigenvalue weighted by molar-refractivity contribution is 6.37. The number of halogens is 2. The third-order valence-electron chi connectivity index (χ3n) is 2.27. The SMILES string of the molecule is CC(C)N(CC(N)=O)c1nc(NN)c(Cl)cc1Cl. The number of nitrogens with one attached hydrogen (secondary N) is 1. The van der Waals surface area contributed by atoms with E-state index in [0.29, 0.717) is 15.9 Å². The van der Waals surface area contributed by atoms with E-state index in [9.17, 15) is 4.79 Å². The fourth-order valence-corrected chi connectivity index (χ4v) is 1.95. The third kappa shape index (κ3) is 3.38. The largest absolute Gasteiger partial charge is 0.368 e. The number of pyridine rings is 1. The predicted molar refractivity (Wildman–Crippen MR) is 73.7 cm³/mol. The van der Waals surface area contributed by atoms with Crippen molar-refractivity contribution in [1.82, 2.24) is 4.98 Å². The van der Waals surface area contributed by atoms with E-state index >= 15 is 0 Å². The average molecular weight is 292 g/mol. The number of carbonyl (C=O) groups excluding carboxylic acids is 1. The fourth-order valence-electron chi connectivity index (χ4n) is 1.43. The van der Waals surface area contributed by atoms with E-state index in [4.69, 9.17) is 34.8 Å². The minimum atomic E-state index is -0.473. The lowest BCUT2D eigenvalue weighted by atomic mass is 10.3. The summed E-state index contributed by atoms with van der Waals surface area (Å²) >= 11 is 12.0. The van der Waals surface area contributed by atoms with Crippen molar-refractivity contribution in [3.05, 3.63) is 16.1 Å². The van der Waals surface area contributed by atoms with Crippen LogP contribution in [0.2, 0.25) is 10.0 Å². The maximum Gasteiger partial charge on any atom is 0.237 e. The third-order valence-corrected chi connectivity index (χ3v) is 2.84. The molecule has 18 heavy (non-hydrogen) atoms. The van der Waals surface area contributed by atoms with Crippen molar-refractivity contribution in [1.29, 1.82) is 0 Å². The summed E-state index contributed by atoms with van der Waals surface area (Å²) < 4.78 is 0. The highest BCUT2D eigenvalue weighted by Gasteiger charge is 2.19. The summed E-state index contributed by atoms with van der Waals surface area (Å²) in [6.45, 7) is 3.80. The summed E-state index contributed by atoms with van der Waals surface area (Å²) in [4.78, 5) is 16.9. The number of hydrogen-bond acceptors (Lipinski definition) is 5. The van der Waals surface area contributed by atoms with Crippen LogP contribution in [0.3, 0.4) is 0 Å². The van der Waals surface area contributed by atoms with Crippen molar-refractivity contribution in [3.63, 3.8) is 0 Å². The molecule has 0 unspecified atom stereocenters. The number of nitrogens with zero attached hydrogens (tertiary/aromatic N) is 2. The highest BCUT2D eigenvalue weighted by Crippen LogP contribution is 2.31. The van der Waals surface area contributed by atoms with Gasteiger partial charge in [-0.05, 0) is 19.9 Å². The number of nitrogens with two attached hydrogens (primary N) is 2. The molecule has 0 radical (unpaired) electrons. The summed E-state index contributed by atoms with van der Waals surface area (Å²) in [5.41, 5.74) is 7.57. The van der Waals surface area contributed by atoms with E-state index in [-0.39, 0.29) is 18.4 Å². The van der Waals surface area contributed by atoms with E-state index < -0.39 is 5.91 Å². The zero-order chi connectivity index (χ0) is 13.9. The zero-order valence-electron chi connectivity index (χ0n) is 10.1. The van der Waals surface area contributed by atoms with Gasteiger partial charge in [0.15, 0.2) is 11.6 Å². The fraction of sp³-hybridized carbons (Fsp3) is 0.400. The molecule has 0 atom stereocenters. The molecule has 0 aliphatic carbocycles. The Bertz CT molecular complexity index is 452. The smallest absolute Gasteiger partial charge is 0.237 e. The van der Waals surface area contributed by atoms with Crippen molar-refractivity contribution >= 4 is 40.7 Å². The quantitative estimate of drug-likeness (QED) is 0.562. The molecule has 5 N–H and O–H groups in total. The molecule has 6 nitrogen and oxygen atoms in total. The molecule has 100 valence electrons. The Morgan fingerprint density at radius 1 is 1.50 bits per heavy atom. The number of amides is 1. The Morgan fingerprint density at radius 3 is 2.56 bits per heavy atom. The molecule has 8 heteroatoms. The van der Waals surface area contributed by atoms with Crippen LogP contribution in [0.15, 0.2) is 6.07 Å². The topological polar surface area (TPSA) is 97.3 Å². The molecule has 0 spiro atoms. The maximum absolute atomic E-state index is 11.1. The zero-order valence-corrected chi connectivity index (χ0v) is 11.6. The van der Waals surface area contributed by atoms with Crippen molar-refractivity contribution < 1.29 is 4.79 Å². The van der Waals surface area contributed by atoms with Crippen LogP contribution in [0.4, 0.5) is 11.6 Å². The van der Waals surface area contributed by atoms with Gasteiger partial charge in [-0.1, -0.05) is 23.2 Å². The maximum atomic E-state index is 11.1. The van der Waals surface area contributed by atoms with Crippen LogP contribution in [0, 0.1) is 0 Å². The molecular weight excluding hydrogens is 277 g/mol.